The largest absolute Gasteiger partial charge is 0.504 e. The van der Waals surface area contributed by atoms with Gasteiger partial charge in [0.25, 0.3) is 0 Å². The Bertz CT molecular complexity index is 183. The van der Waals surface area contributed by atoms with Crippen molar-refractivity contribution in [2.24, 2.45) is 0 Å². The summed E-state index contributed by atoms with van der Waals surface area (Å²) in [4.78, 5) is 11.1. The quantitative estimate of drug-likeness (QED) is 0.270. The van der Waals surface area contributed by atoms with Crippen LogP contribution in [0.15, 0.2) is 11.8 Å². The standard InChI is InChI=1S/C8H14O5/c1-10-5-6(7(9)11-2)8(12-3)13-4/h5,8H,1-4H3/b6-5-. The van der Waals surface area contributed by atoms with E-state index in [0.717, 1.165) is 0 Å². The normalized spacial score (nSPS) is 11.6. The maximum atomic E-state index is 11.1. The van der Waals surface area contributed by atoms with Crippen LogP contribution in [0.1, 0.15) is 0 Å². The topological polar surface area (TPSA) is 54.0 Å². The van der Waals surface area contributed by atoms with Gasteiger partial charge < -0.3 is 18.9 Å². The van der Waals surface area contributed by atoms with Crippen LogP contribution in [0.3, 0.4) is 0 Å². The van der Waals surface area contributed by atoms with Crippen LogP contribution in [0, 0.1) is 0 Å². The lowest BCUT2D eigenvalue weighted by Crippen LogP contribution is -2.23. The average Bonchev–Trinajstić information content (AvgIpc) is 2.17. The van der Waals surface area contributed by atoms with Crippen molar-refractivity contribution in [3.8, 4) is 0 Å². The third-order valence-corrected chi connectivity index (χ3v) is 1.35. The van der Waals surface area contributed by atoms with E-state index in [2.05, 4.69) is 9.47 Å². The maximum absolute atomic E-state index is 11.1. The molecule has 0 rings (SSSR count). The zero-order valence-corrected chi connectivity index (χ0v) is 8.20. The molecule has 0 saturated heterocycles. The highest BCUT2D eigenvalue weighted by molar-refractivity contribution is 5.88. The molecule has 5 heteroatoms. The highest BCUT2D eigenvalue weighted by Crippen LogP contribution is 2.08. The van der Waals surface area contributed by atoms with E-state index < -0.39 is 12.3 Å². The lowest BCUT2D eigenvalue weighted by Gasteiger charge is -2.14. The third kappa shape index (κ3) is 3.43. The van der Waals surface area contributed by atoms with Crippen LogP contribution in [0.25, 0.3) is 0 Å². The number of rotatable bonds is 5. The SMILES string of the molecule is CO/C=C(/C(=O)OC)C(OC)OC. The molecule has 0 saturated carbocycles. The van der Waals surface area contributed by atoms with Crippen molar-refractivity contribution >= 4 is 5.97 Å². The molecule has 0 atom stereocenters. The molecular formula is C8H14O5. The number of methoxy groups -OCH3 is 4. The van der Waals surface area contributed by atoms with Crippen molar-refractivity contribution in [2.45, 2.75) is 6.29 Å². The minimum absolute atomic E-state index is 0.176. The summed E-state index contributed by atoms with van der Waals surface area (Å²) in [5, 5.41) is 0. The number of ether oxygens (including phenoxy) is 4. The molecule has 0 amide bonds. The number of esters is 1. The van der Waals surface area contributed by atoms with Gasteiger partial charge in [-0.15, -0.1) is 0 Å². The molecule has 13 heavy (non-hydrogen) atoms. The minimum Gasteiger partial charge on any atom is -0.504 e. The number of carbonyl (C=O) groups is 1. The first kappa shape index (κ1) is 11.9. The molecule has 76 valence electrons. The van der Waals surface area contributed by atoms with Crippen LogP contribution in [0.2, 0.25) is 0 Å². The molecule has 0 fully saturated rings. The molecule has 0 aromatic heterocycles. The molecule has 0 unspecified atom stereocenters. The van der Waals surface area contributed by atoms with Crippen molar-refractivity contribution in [1.82, 2.24) is 0 Å². The zero-order valence-electron chi connectivity index (χ0n) is 8.20. The van der Waals surface area contributed by atoms with E-state index in [-0.39, 0.29) is 5.57 Å². The van der Waals surface area contributed by atoms with E-state index in [1.165, 1.54) is 34.7 Å². The van der Waals surface area contributed by atoms with E-state index in [1.54, 1.807) is 0 Å². The number of hydrogen-bond acceptors (Lipinski definition) is 5. The first-order chi connectivity index (χ1) is 6.21. The average molecular weight is 190 g/mol. The fraction of sp³-hybridized carbons (Fsp3) is 0.625. The van der Waals surface area contributed by atoms with Crippen LogP contribution in [-0.2, 0) is 23.7 Å². The van der Waals surface area contributed by atoms with Crippen molar-refractivity contribution in [1.29, 1.82) is 0 Å². The first-order valence-corrected chi connectivity index (χ1v) is 3.58. The third-order valence-electron chi connectivity index (χ3n) is 1.35. The van der Waals surface area contributed by atoms with Gasteiger partial charge in [-0.2, -0.15) is 0 Å². The van der Waals surface area contributed by atoms with Gasteiger partial charge >= 0.3 is 5.97 Å². The van der Waals surface area contributed by atoms with Gasteiger partial charge in [0.2, 0.25) is 0 Å². The van der Waals surface area contributed by atoms with Gasteiger partial charge in [-0.3, -0.25) is 0 Å². The fourth-order valence-corrected chi connectivity index (χ4v) is 0.795. The van der Waals surface area contributed by atoms with Gasteiger partial charge in [0.05, 0.1) is 20.5 Å². The Kier molecular flexibility index (Phi) is 5.92. The Morgan fingerprint density at radius 3 is 2.00 bits per heavy atom. The molecule has 0 N–H and O–H groups in total. The van der Waals surface area contributed by atoms with Gasteiger partial charge in [-0.05, 0) is 0 Å². The van der Waals surface area contributed by atoms with E-state index in [1.807, 2.05) is 0 Å². The summed E-state index contributed by atoms with van der Waals surface area (Å²) in [6.07, 6.45) is 0.455. The van der Waals surface area contributed by atoms with Crippen LogP contribution in [-0.4, -0.2) is 40.7 Å². The summed E-state index contributed by atoms with van der Waals surface area (Å²) in [6, 6.07) is 0. The lowest BCUT2D eigenvalue weighted by molar-refractivity contribution is -0.143. The zero-order chi connectivity index (χ0) is 10.3. The van der Waals surface area contributed by atoms with Crippen LogP contribution in [0.4, 0.5) is 0 Å². The minimum atomic E-state index is -0.771. The molecule has 0 radical (unpaired) electrons. The van der Waals surface area contributed by atoms with Crippen LogP contribution < -0.4 is 0 Å². The van der Waals surface area contributed by atoms with Crippen LogP contribution >= 0.6 is 0 Å². The van der Waals surface area contributed by atoms with E-state index in [4.69, 9.17) is 9.47 Å². The van der Waals surface area contributed by atoms with Crippen molar-refractivity contribution in [3.63, 3.8) is 0 Å². The molecule has 0 aliphatic rings. The van der Waals surface area contributed by atoms with Gasteiger partial charge in [0, 0.05) is 14.2 Å². The first-order valence-electron chi connectivity index (χ1n) is 3.58. The summed E-state index contributed by atoms with van der Waals surface area (Å²) in [5.74, 6) is -0.546. The summed E-state index contributed by atoms with van der Waals surface area (Å²) >= 11 is 0. The molecule has 0 heterocycles. The second-order valence-electron chi connectivity index (χ2n) is 2.10. The molecule has 0 aliphatic carbocycles. The highest BCUT2D eigenvalue weighted by atomic mass is 16.7. The molecule has 5 nitrogen and oxygen atoms in total. The monoisotopic (exact) mass is 190 g/mol. The molecule has 0 spiro atoms. The Balaban J connectivity index is 4.58. The fourth-order valence-electron chi connectivity index (χ4n) is 0.795. The van der Waals surface area contributed by atoms with E-state index in [0.29, 0.717) is 0 Å². The molecular weight excluding hydrogens is 176 g/mol. The van der Waals surface area contributed by atoms with E-state index >= 15 is 0 Å². The van der Waals surface area contributed by atoms with Gasteiger partial charge in [0.15, 0.2) is 6.29 Å². The molecule has 0 aromatic carbocycles. The summed E-state index contributed by atoms with van der Waals surface area (Å²) < 4.78 is 18.9. The van der Waals surface area contributed by atoms with Crippen molar-refractivity contribution < 1.29 is 23.7 Å². The number of carbonyl (C=O) groups excluding carboxylic acids is 1. The maximum Gasteiger partial charge on any atom is 0.342 e. The second-order valence-corrected chi connectivity index (χ2v) is 2.10. The Hall–Kier alpha value is -1.07. The number of hydrogen-bond donors (Lipinski definition) is 0. The van der Waals surface area contributed by atoms with Gasteiger partial charge in [-0.1, -0.05) is 0 Å². The smallest absolute Gasteiger partial charge is 0.342 e. The Morgan fingerprint density at radius 1 is 1.15 bits per heavy atom. The predicted octanol–water partition coefficient (Wildman–Crippen LogP) is 0.309. The molecule has 0 aliphatic heterocycles. The van der Waals surface area contributed by atoms with Crippen molar-refractivity contribution in [3.05, 3.63) is 11.8 Å². The van der Waals surface area contributed by atoms with Gasteiger partial charge in [0.1, 0.15) is 5.57 Å². The predicted molar refractivity (Wildman–Crippen MR) is 44.9 cm³/mol. The molecule has 0 aromatic rings. The highest BCUT2D eigenvalue weighted by Gasteiger charge is 2.21. The van der Waals surface area contributed by atoms with Crippen LogP contribution in [0.5, 0.6) is 0 Å². The van der Waals surface area contributed by atoms with E-state index in [9.17, 15) is 4.79 Å². The van der Waals surface area contributed by atoms with Crippen molar-refractivity contribution in [2.75, 3.05) is 28.4 Å². The summed E-state index contributed by atoms with van der Waals surface area (Å²) in [7, 11) is 5.53. The second kappa shape index (κ2) is 6.45. The van der Waals surface area contributed by atoms with Gasteiger partial charge in [-0.25, -0.2) is 4.79 Å². The summed E-state index contributed by atoms with van der Waals surface area (Å²) in [5.41, 5.74) is 0.176. The lowest BCUT2D eigenvalue weighted by atomic mass is 10.3. The summed E-state index contributed by atoms with van der Waals surface area (Å²) in [6.45, 7) is 0. The molecule has 0 bridgehead atoms. The Morgan fingerprint density at radius 2 is 1.69 bits per heavy atom. The Labute approximate surface area is 77.2 Å².